The highest BCUT2D eigenvalue weighted by molar-refractivity contribution is 7.18. The summed E-state index contributed by atoms with van der Waals surface area (Å²) in [7, 11) is 3.20. The van der Waals surface area contributed by atoms with Crippen molar-refractivity contribution in [3.05, 3.63) is 40.4 Å². The standard InChI is InChI=1S/C23H28N2O4S/c1-7-25(8-2)13-29-23(26)17-12-24-22-20(14(3)15(4)30-22)21(17)16-9-10-18(27-5)19(11-16)28-6/h9-12H,7-8,13H2,1-6H3. The van der Waals surface area contributed by atoms with Crippen LogP contribution in [0.2, 0.25) is 0 Å². The third kappa shape index (κ3) is 4.13. The summed E-state index contributed by atoms with van der Waals surface area (Å²) in [4.78, 5) is 21.7. The Morgan fingerprint density at radius 2 is 1.80 bits per heavy atom. The van der Waals surface area contributed by atoms with E-state index >= 15 is 0 Å². The van der Waals surface area contributed by atoms with E-state index in [4.69, 9.17) is 14.2 Å². The average molecular weight is 429 g/mol. The van der Waals surface area contributed by atoms with Gasteiger partial charge in [-0.1, -0.05) is 19.9 Å². The van der Waals surface area contributed by atoms with Crippen molar-refractivity contribution in [2.75, 3.05) is 34.0 Å². The second-order valence-electron chi connectivity index (χ2n) is 6.94. The highest BCUT2D eigenvalue weighted by Gasteiger charge is 2.23. The van der Waals surface area contributed by atoms with Gasteiger partial charge in [-0.05, 0) is 50.2 Å². The minimum Gasteiger partial charge on any atom is -0.493 e. The molecule has 3 rings (SSSR count). The fourth-order valence-corrected chi connectivity index (χ4v) is 4.40. The monoisotopic (exact) mass is 428 g/mol. The second kappa shape index (κ2) is 9.45. The summed E-state index contributed by atoms with van der Waals surface area (Å²) in [6, 6.07) is 5.67. The van der Waals surface area contributed by atoms with E-state index in [9.17, 15) is 4.79 Å². The van der Waals surface area contributed by atoms with Gasteiger partial charge in [0.15, 0.2) is 11.5 Å². The molecule has 0 saturated heterocycles. The number of carbonyl (C=O) groups is 1. The van der Waals surface area contributed by atoms with Crippen LogP contribution in [0.5, 0.6) is 11.5 Å². The van der Waals surface area contributed by atoms with Crippen LogP contribution in [0.25, 0.3) is 21.3 Å². The number of hydrogen-bond donors (Lipinski definition) is 0. The Hall–Kier alpha value is -2.64. The highest BCUT2D eigenvalue weighted by atomic mass is 32.1. The Labute approximate surface area is 181 Å². The van der Waals surface area contributed by atoms with Crippen LogP contribution in [0, 0.1) is 13.8 Å². The summed E-state index contributed by atoms with van der Waals surface area (Å²) in [5, 5.41) is 0.974. The van der Waals surface area contributed by atoms with Crippen molar-refractivity contribution in [3.8, 4) is 22.6 Å². The van der Waals surface area contributed by atoms with Gasteiger partial charge in [0.1, 0.15) is 11.6 Å². The molecule has 0 amide bonds. The Morgan fingerprint density at radius 1 is 1.10 bits per heavy atom. The van der Waals surface area contributed by atoms with Gasteiger partial charge in [-0.25, -0.2) is 9.78 Å². The third-order valence-electron chi connectivity index (χ3n) is 5.36. The van der Waals surface area contributed by atoms with Gasteiger partial charge in [-0.3, -0.25) is 4.90 Å². The lowest BCUT2D eigenvalue weighted by Crippen LogP contribution is -2.27. The number of esters is 1. The zero-order chi connectivity index (χ0) is 21.8. The van der Waals surface area contributed by atoms with Crippen LogP contribution in [0.15, 0.2) is 24.4 Å². The number of methoxy groups -OCH3 is 2. The zero-order valence-corrected chi connectivity index (χ0v) is 19.2. The van der Waals surface area contributed by atoms with Crippen LogP contribution in [-0.2, 0) is 4.74 Å². The lowest BCUT2D eigenvalue weighted by atomic mass is 9.96. The van der Waals surface area contributed by atoms with E-state index in [0.29, 0.717) is 17.1 Å². The average Bonchev–Trinajstić information content (AvgIpc) is 3.06. The van der Waals surface area contributed by atoms with Crippen LogP contribution in [0.1, 0.15) is 34.6 Å². The Balaban J connectivity index is 2.17. The molecule has 3 aromatic rings. The molecule has 0 saturated carbocycles. The van der Waals surface area contributed by atoms with Crippen LogP contribution in [-0.4, -0.2) is 49.9 Å². The maximum atomic E-state index is 13.1. The van der Waals surface area contributed by atoms with Crippen molar-refractivity contribution >= 4 is 27.5 Å². The predicted molar refractivity (Wildman–Crippen MR) is 121 cm³/mol. The number of pyridine rings is 1. The molecule has 7 heteroatoms. The molecule has 0 radical (unpaired) electrons. The number of thiophene rings is 1. The quantitative estimate of drug-likeness (QED) is 0.369. The van der Waals surface area contributed by atoms with Crippen molar-refractivity contribution in [1.29, 1.82) is 0 Å². The number of hydrogen-bond acceptors (Lipinski definition) is 7. The lowest BCUT2D eigenvalue weighted by molar-refractivity contribution is 0.0241. The number of fused-ring (bicyclic) bond motifs is 1. The van der Waals surface area contributed by atoms with Gasteiger partial charge >= 0.3 is 5.97 Å². The molecule has 0 atom stereocenters. The fourth-order valence-electron chi connectivity index (χ4n) is 3.40. The molecule has 0 spiro atoms. The molecule has 0 aliphatic rings. The number of benzene rings is 1. The largest absolute Gasteiger partial charge is 0.493 e. The number of nitrogens with zero attached hydrogens (tertiary/aromatic N) is 2. The third-order valence-corrected chi connectivity index (χ3v) is 6.48. The van der Waals surface area contributed by atoms with Crippen molar-refractivity contribution < 1.29 is 19.0 Å². The zero-order valence-electron chi connectivity index (χ0n) is 18.4. The van der Waals surface area contributed by atoms with Crippen LogP contribution >= 0.6 is 11.3 Å². The van der Waals surface area contributed by atoms with Gasteiger partial charge in [0, 0.05) is 22.0 Å². The van der Waals surface area contributed by atoms with E-state index in [1.54, 1.807) is 31.8 Å². The van der Waals surface area contributed by atoms with E-state index < -0.39 is 0 Å². The van der Waals surface area contributed by atoms with Crippen molar-refractivity contribution in [2.24, 2.45) is 0 Å². The number of carbonyl (C=O) groups excluding carboxylic acids is 1. The van der Waals surface area contributed by atoms with E-state index in [1.165, 1.54) is 4.88 Å². The first-order chi connectivity index (χ1) is 14.4. The summed E-state index contributed by atoms with van der Waals surface area (Å²) >= 11 is 1.62. The molecule has 2 aromatic heterocycles. The van der Waals surface area contributed by atoms with Crippen LogP contribution < -0.4 is 9.47 Å². The van der Waals surface area contributed by atoms with Crippen molar-refractivity contribution in [1.82, 2.24) is 9.88 Å². The number of ether oxygens (including phenoxy) is 3. The van der Waals surface area contributed by atoms with E-state index in [1.807, 2.05) is 36.9 Å². The topological polar surface area (TPSA) is 60.9 Å². The summed E-state index contributed by atoms with van der Waals surface area (Å²) in [6.45, 7) is 10.1. The molecule has 30 heavy (non-hydrogen) atoms. The highest BCUT2D eigenvalue weighted by Crippen LogP contribution is 2.41. The molecular formula is C23H28N2O4S. The molecule has 1 aromatic carbocycles. The van der Waals surface area contributed by atoms with E-state index in [-0.39, 0.29) is 12.7 Å². The Kier molecular flexibility index (Phi) is 6.95. The summed E-state index contributed by atoms with van der Waals surface area (Å²) in [6.07, 6.45) is 1.62. The molecular weight excluding hydrogens is 400 g/mol. The number of aryl methyl sites for hydroxylation is 2. The predicted octanol–water partition coefficient (Wildman–Crippen LogP) is 5.05. The van der Waals surface area contributed by atoms with Gasteiger partial charge in [0.05, 0.1) is 19.8 Å². The fraction of sp³-hybridized carbons (Fsp3) is 0.391. The minimum absolute atomic E-state index is 0.247. The number of rotatable bonds is 8. The van der Waals surface area contributed by atoms with Gasteiger partial charge in [-0.2, -0.15) is 0 Å². The molecule has 0 unspecified atom stereocenters. The van der Waals surface area contributed by atoms with Crippen LogP contribution in [0.3, 0.4) is 0 Å². The molecule has 160 valence electrons. The van der Waals surface area contributed by atoms with Gasteiger partial charge < -0.3 is 14.2 Å². The molecule has 0 bridgehead atoms. The molecule has 0 aliphatic heterocycles. The van der Waals surface area contributed by atoms with Crippen LogP contribution in [0.4, 0.5) is 0 Å². The second-order valence-corrected chi connectivity index (χ2v) is 8.15. The summed E-state index contributed by atoms with van der Waals surface area (Å²) < 4.78 is 16.5. The molecule has 0 fully saturated rings. The molecule has 0 aliphatic carbocycles. The Bertz CT molecular complexity index is 1060. The first kappa shape index (κ1) is 22.1. The van der Waals surface area contributed by atoms with E-state index in [0.717, 1.165) is 40.0 Å². The van der Waals surface area contributed by atoms with Gasteiger partial charge in [0.2, 0.25) is 0 Å². The van der Waals surface area contributed by atoms with Gasteiger partial charge in [0.25, 0.3) is 0 Å². The van der Waals surface area contributed by atoms with E-state index in [2.05, 4.69) is 18.8 Å². The molecule has 0 N–H and O–H groups in total. The SMILES string of the molecule is CCN(CC)COC(=O)c1cnc2sc(C)c(C)c2c1-c1ccc(OC)c(OC)c1. The Morgan fingerprint density at radius 3 is 2.43 bits per heavy atom. The maximum absolute atomic E-state index is 13.1. The molecule has 2 heterocycles. The summed E-state index contributed by atoms with van der Waals surface area (Å²) in [5.74, 6) is 0.854. The smallest absolute Gasteiger partial charge is 0.341 e. The van der Waals surface area contributed by atoms with Crippen molar-refractivity contribution in [3.63, 3.8) is 0 Å². The first-order valence-electron chi connectivity index (χ1n) is 9.95. The first-order valence-corrected chi connectivity index (χ1v) is 10.8. The number of aromatic nitrogens is 1. The van der Waals surface area contributed by atoms with Crippen molar-refractivity contribution in [2.45, 2.75) is 27.7 Å². The van der Waals surface area contributed by atoms with Gasteiger partial charge in [-0.15, -0.1) is 11.3 Å². The normalized spacial score (nSPS) is 11.2. The summed E-state index contributed by atoms with van der Waals surface area (Å²) in [5.41, 5.74) is 3.23. The maximum Gasteiger partial charge on any atom is 0.341 e. The lowest BCUT2D eigenvalue weighted by Gasteiger charge is -2.19. The molecule has 6 nitrogen and oxygen atoms in total. The minimum atomic E-state index is -0.385.